The van der Waals surface area contributed by atoms with Crippen LogP contribution in [0.3, 0.4) is 0 Å². The van der Waals surface area contributed by atoms with Gasteiger partial charge in [-0.3, -0.25) is 9.69 Å². The van der Waals surface area contributed by atoms with E-state index in [4.69, 9.17) is 4.74 Å². The van der Waals surface area contributed by atoms with Gasteiger partial charge in [-0.25, -0.2) is 8.42 Å². The molecule has 6 nitrogen and oxygen atoms in total. The fraction of sp³-hybridized carbons (Fsp3) is 0.923. The van der Waals surface area contributed by atoms with Crippen LogP contribution in [0.25, 0.3) is 0 Å². The first kappa shape index (κ1) is 15.7. The zero-order valence-electron chi connectivity index (χ0n) is 12.2. The molecule has 1 aliphatic heterocycles. The van der Waals surface area contributed by atoms with E-state index in [0.29, 0.717) is 19.4 Å². The molecule has 1 heterocycles. The first-order valence-electron chi connectivity index (χ1n) is 7.16. The van der Waals surface area contributed by atoms with Gasteiger partial charge < -0.3 is 10.1 Å². The Hall–Kier alpha value is -0.660. The first-order valence-corrected chi connectivity index (χ1v) is 9.11. The van der Waals surface area contributed by atoms with E-state index in [0.717, 1.165) is 32.5 Å². The van der Waals surface area contributed by atoms with E-state index in [-0.39, 0.29) is 0 Å². The Bertz CT molecular complexity index is 457. The summed E-state index contributed by atoms with van der Waals surface area (Å²) in [6.07, 6.45) is 4.00. The summed E-state index contributed by atoms with van der Waals surface area (Å²) in [7, 11) is -1.94. The van der Waals surface area contributed by atoms with Gasteiger partial charge in [-0.2, -0.15) is 0 Å². The number of nitrogens with one attached hydrogen (secondary N) is 1. The Morgan fingerprint density at radius 2 is 2.05 bits per heavy atom. The summed E-state index contributed by atoms with van der Waals surface area (Å²) in [6.45, 7) is 3.09. The molecule has 0 spiro atoms. The maximum absolute atomic E-state index is 12.5. The van der Waals surface area contributed by atoms with Crippen LogP contribution in [0.2, 0.25) is 0 Å². The van der Waals surface area contributed by atoms with Gasteiger partial charge in [0.1, 0.15) is 5.54 Å². The van der Waals surface area contributed by atoms with Crippen LogP contribution in [0.5, 0.6) is 0 Å². The molecule has 2 unspecified atom stereocenters. The largest absolute Gasteiger partial charge is 0.468 e. The number of esters is 1. The Kier molecular flexibility index (Phi) is 4.71. The van der Waals surface area contributed by atoms with Crippen molar-refractivity contribution in [2.24, 2.45) is 0 Å². The zero-order valence-corrected chi connectivity index (χ0v) is 13.0. The average molecular weight is 304 g/mol. The number of hydrogen-bond acceptors (Lipinski definition) is 6. The predicted molar refractivity (Wildman–Crippen MR) is 76.3 cm³/mol. The van der Waals surface area contributed by atoms with Crippen molar-refractivity contribution in [2.45, 2.75) is 36.5 Å². The van der Waals surface area contributed by atoms with Crippen LogP contribution in [-0.2, 0) is 19.4 Å². The van der Waals surface area contributed by atoms with E-state index in [1.165, 1.54) is 13.4 Å². The maximum atomic E-state index is 12.5. The lowest BCUT2D eigenvalue weighted by atomic mass is 9.94. The average Bonchev–Trinajstić information content (AvgIpc) is 2.68. The van der Waals surface area contributed by atoms with E-state index in [1.807, 2.05) is 4.90 Å². The van der Waals surface area contributed by atoms with E-state index in [2.05, 4.69) is 5.32 Å². The first-order chi connectivity index (χ1) is 9.43. The summed E-state index contributed by atoms with van der Waals surface area (Å²) in [5.74, 6) is -0.396. The van der Waals surface area contributed by atoms with Gasteiger partial charge in [0.05, 0.1) is 12.4 Å². The second-order valence-corrected chi connectivity index (χ2v) is 7.94. The molecule has 0 radical (unpaired) electrons. The smallest absolute Gasteiger partial charge is 0.327 e. The minimum Gasteiger partial charge on any atom is -0.468 e. The highest BCUT2D eigenvalue weighted by Gasteiger charge is 2.57. The molecule has 0 aromatic heterocycles. The summed E-state index contributed by atoms with van der Waals surface area (Å²) in [5.41, 5.74) is -0.992. The van der Waals surface area contributed by atoms with Gasteiger partial charge in [0.15, 0.2) is 9.84 Å². The second kappa shape index (κ2) is 5.99. The summed E-state index contributed by atoms with van der Waals surface area (Å²) in [5, 5.41) is 2.63. The highest BCUT2D eigenvalue weighted by Crippen LogP contribution is 2.40. The van der Waals surface area contributed by atoms with E-state index in [1.54, 1.807) is 0 Å². The maximum Gasteiger partial charge on any atom is 0.327 e. The van der Waals surface area contributed by atoms with Crippen molar-refractivity contribution in [2.75, 3.05) is 39.5 Å². The quantitative estimate of drug-likeness (QED) is 0.727. The number of nitrogens with zero attached hydrogens (tertiary/aromatic N) is 1. The van der Waals surface area contributed by atoms with E-state index >= 15 is 0 Å². The molecule has 116 valence electrons. The molecule has 2 fully saturated rings. The van der Waals surface area contributed by atoms with Gasteiger partial charge >= 0.3 is 5.97 Å². The molecular formula is C13H24N2O4S. The minimum absolute atomic E-state index is 0.396. The predicted octanol–water partition coefficient (Wildman–Crippen LogP) is -0.209. The Labute approximate surface area is 120 Å². The van der Waals surface area contributed by atoms with Gasteiger partial charge in [-0.1, -0.05) is 0 Å². The third kappa shape index (κ3) is 2.71. The lowest BCUT2D eigenvalue weighted by molar-refractivity contribution is -0.154. The third-order valence-electron chi connectivity index (χ3n) is 4.52. The van der Waals surface area contributed by atoms with Crippen molar-refractivity contribution in [1.82, 2.24) is 10.2 Å². The molecular weight excluding hydrogens is 280 g/mol. The number of methoxy groups -OCH3 is 1. The van der Waals surface area contributed by atoms with Crippen LogP contribution in [0.1, 0.15) is 25.7 Å². The molecule has 1 saturated heterocycles. The molecule has 1 saturated carbocycles. The Morgan fingerprint density at radius 1 is 1.30 bits per heavy atom. The fourth-order valence-corrected chi connectivity index (χ4v) is 5.34. The second-order valence-electron chi connectivity index (χ2n) is 5.72. The highest BCUT2D eigenvalue weighted by atomic mass is 32.2. The Morgan fingerprint density at radius 3 is 2.70 bits per heavy atom. The van der Waals surface area contributed by atoms with E-state index < -0.39 is 26.6 Å². The molecule has 0 aromatic carbocycles. The van der Waals surface area contributed by atoms with Crippen LogP contribution in [-0.4, -0.2) is 69.6 Å². The van der Waals surface area contributed by atoms with Crippen LogP contribution < -0.4 is 5.32 Å². The summed E-state index contributed by atoms with van der Waals surface area (Å²) >= 11 is 0. The molecule has 0 aromatic rings. The van der Waals surface area contributed by atoms with E-state index in [9.17, 15) is 13.2 Å². The fourth-order valence-electron chi connectivity index (χ4n) is 3.67. The SMILES string of the molecule is COC(=O)C1(N2CCCNCC2)CCCC1S(C)(=O)=O. The molecule has 20 heavy (non-hydrogen) atoms. The highest BCUT2D eigenvalue weighted by molar-refractivity contribution is 7.91. The zero-order chi connectivity index (χ0) is 14.8. The van der Waals surface area contributed by atoms with Gasteiger partial charge in [0.25, 0.3) is 0 Å². The molecule has 1 aliphatic carbocycles. The van der Waals surface area contributed by atoms with Crippen molar-refractivity contribution in [1.29, 1.82) is 0 Å². The summed E-state index contributed by atoms with van der Waals surface area (Å²) in [4.78, 5) is 14.5. The molecule has 2 atom stereocenters. The van der Waals surface area contributed by atoms with Crippen LogP contribution in [0.4, 0.5) is 0 Å². The Balaban J connectivity index is 2.41. The van der Waals surface area contributed by atoms with Crippen molar-refractivity contribution in [3.63, 3.8) is 0 Å². The van der Waals surface area contributed by atoms with Crippen LogP contribution in [0, 0.1) is 0 Å². The molecule has 1 N–H and O–H groups in total. The third-order valence-corrected chi connectivity index (χ3v) is 6.18. The number of hydrogen-bond donors (Lipinski definition) is 1. The molecule has 7 heteroatoms. The van der Waals surface area contributed by atoms with Crippen molar-refractivity contribution < 1.29 is 17.9 Å². The van der Waals surface area contributed by atoms with Crippen molar-refractivity contribution >= 4 is 15.8 Å². The summed E-state index contributed by atoms with van der Waals surface area (Å²) in [6, 6.07) is 0. The van der Waals surface area contributed by atoms with Crippen molar-refractivity contribution in [3.8, 4) is 0 Å². The minimum atomic E-state index is -3.29. The van der Waals surface area contributed by atoms with Gasteiger partial charge in [0, 0.05) is 25.9 Å². The topological polar surface area (TPSA) is 75.7 Å². The lowest BCUT2D eigenvalue weighted by Gasteiger charge is -2.41. The number of carbonyl (C=O) groups excluding carboxylic acids is 1. The number of ether oxygens (including phenoxy) is 1. The molecule has 0 bridgehead atoms. The van der Waals surface area contributed by atoms with Crippen LogP contribution in [0.15, 0.2) is 0 Å². The molecule has 2 rings (SSSR count). The number of sulfone groups is 1. The monoisotopic (exact) mass is 304 g/mol. The summed E-state index contributed by atoms with van der Waals surface area (Å²) < 4.78 is 29.3. The standard InChI is InChI=1S/C13H24N2O4S/c1-19-12(16)13(15-9-4-7-14-8-10-15)6-3-5-11(13)20(2,17)18/h11,14H,3-10H2,1-2H3. The molecule has 0 amide bonds. The number of rotatable bonds is 3. The molecule has 2 aliphatic rings. The van der Waals surface area contributed by atoms with Gasteiger partial charge in [-0.15, -0.1) is 0 Å². The van der Waals surface area contributed by atoms with Crippen LogP contribution >= 0.6 is 0 Å². The van der Waals surface area contributed by atoms with Gasteiger partial charge in [0.2, 0.25) is 0 Å². The van der Waals surface area contributed by atoms with Gasteiger partial charge in [-0.05, 0) is 32.2 Å². The number of carbonyl (C=O) groups is 1. The normalized spacial score (nSPS) is 32.8. The van der Waals surface area contributed by atoms with Crippen molar-refractivity contribution in [3.05, 3.63) is 0 Å². The lowest BCUT2D eigenvalue weighted by Crippen LogP contribution is -2.62.